The predicted octanol–water partition coefficient (Wildman–Crippen LogP) is 4.21. The quantitative estimate of drug-likeness (QED) is 0.654. The molecule has 0 atom stereocenters. The predicted molar refractivity (Wildman–Crippen MR) is 95.7 cm³/mol. The first-order valence-electron chi connectivity index (χ1n) is 7.18. The summed E-state index contributed by atoms with van der Waals surface area (Å²) in [5, 5.41) is 0.673. The highest BCUT2D eigenvalue weighted by Gasteiger charge is 2.08. The maximum absolute atomic E-state index is 12.3. The molecule has 0 unspecified atom stereocenters. The number of benzene rings is 2. The number of fused-ring (bicyclic) bond motifs is 1. The zero-order chi connectivity index (χ0) is 16.2. The Labute approximate surface area is 143 Å². The fraction of sp³-hybridized carbons (Fsp3) is 0.111. The molecule has 5 heteroatoms. The van der Waals surface area contributed by atoms with Crippen molar-refractivity contribution >= 4 is 39.1 Å². The van der Waals surface area contributed by atoms with Crippen LogP contribution in [0.3, 0.4) is 0 Å². The van der Waals surface area contributed by atoms with Crippen molar-refractivity contribution in [2.75, 3.05) is 0 Å². The van der Waals surface area contributed by atoms with Gasteiger partial charge < -0.3 is 4.57 Å². The van der Waals surface area contributed by atoms with Crippen LogP contribution in [0.25, 0.3) is 10.2 Å². The number of halogens is 1. The Balaban J connectivity index is 2.02. The van der Waals surface area contributed by atoms with Crippen molar-refractivity contribution in [3.8, 4) is 0 Å². The molecule has 0 saturated heterocycles. The highest BCUT2D eigenvalue weighted by Crippen LogP contribution is 2.21. The first kappa shape index (κ1) is 15.7. The van der Waals surface area contributed by atoms with E-state index in [0.717, 1.165) is 15.8 Å². The van der Waals surface area contributed by atoms with E-state index in [1.807, 2.05) is 53.1 Å². The molecule has 0 saturated carbocycles. The van der Waals surface area contributed by atoms with Crippen molar-refractivity contribution in [1.29, 1.82) is 0 Å². The maximum atomic E-state index is 12.3. The zero-order valence-electron chi connectivity index (χ0n) is 12.4. The van der Waals surface area contributed by atoms with Gasteiger partial charge in [0.1, 0.15) is 0 Å². The molecule has 0 bridgehead atoms. The molecule has 0 aliphatic carbocycles. The Morgan fingerprint density at radius 1 is 1.26 bits per heavy atom. The summed E-state index contributed by atoms with van der Waals surface area (Å²) in [5.74, 6) is -0.160. The Bertz CT molecular complexity index is 925. The standard InChI is InChI=1S/C18H15ClN2OS/c1-2-10-21-15-9-8-14(19)12-16(15)23-18(21)20-17(22)11-13-6-4-3-5-7-13/h2-9,12H,1,10-11H2. The lowest BCUT2D eigenvalue weighted by atomic mass is 10.1. The van der Waals surface area contributed by atoms with E-state index in [-0.39, 0.29) is 5.91 Å². The third-order valence-electron chi connectivity index (χ3n) is 3.37. The van der Waals surface area contributed by atoms with Crippen molar-refractivity contribution in [2.45, 2.75) is 13.0 Å². The number of carbonyl (C=O) groups is 1. The molecule has 3 rings (SSSR count). The summed E-state index contributed by atoms with van der Waals surface area (Å²) in [6, 6.07) is 15.3. The van der Waals surface area contributed by atoms with Crippen LogP contribution in [-0.4, -0.2) is 10.5 Å². The number of amides is 1. The Hall–Kier alpha value is -2.17. The van der Waals surface area contributed by atoms with Crippen molar-refractivity contribution in [3.63, 3.8) is 0 Å². The summed E-state index contributed by atoms with van der Waals surface area (Å²) in [5.41, 5.74) is 1.96. The largest absolute Gasteiger partial charge is 0.313 e. The minimum absolute atomic E-state index is 0.160. The van der Waals surface area contributed by atoms with Gasteiger partial charge in [-0.3, -0.25) is 4.79 Å². The molecule has 0 N–H and O–H groups in total. The van der Waals surface area contributed by atoms with Crippen LogP contribution < -0.4 is 4.80 Å². The van der Waals surface area contributed by atoms with E-state index in [2.05, 4.69) is 11.6 Å². The van der Waals surface area contributed by atoms with E-state index >= 15 is 0 Å². The molecule has 23 heavy (non-hydrogen) atoms. The third kappa shape index (κ3) is 3.60. The Kier molecular flexibility index (Phi) is 4.74. The van der Waals surface area contributed by atoms with Gasteiger partial charge in [0.25, 0.3) is 5.91 Å². The van der Waals surface area contributed by atoms with E-state index in [4.69, 9.17) is 11.6 Å². The maximum Gasteiger partial charge on any atom is 0.252 e. The van der Waals surface area contributed by atoms with Crippen LogP contribution in [0.15, 0.2) is 66.2 Å². The molecule has 0 radical (unpaired) electrons. The van der Waals surface area contributed by atoms with Crippen molar-refractivity contribution in [2.24, 2.45) is 4.99 Å². The van der Waals surface area contributed by atoms with E-state index < -0.39 is 0 Å². The zero-order valence-corrected chi connectivity index (χ0v) is 14.0. The minimum atomic E-state index is -0.160. The number of hydrogen-bond donors (Lipinski definition) is 0. The molecule has 0 aliphatic rings. The number of rotatable bonds is 4. The summed E-state index contributed by atoms with van der Waals surface area (Å²) in [6.45, 7) is 4.38. The molecule has 1 heterocycles. The number of aromatic nitrogens is 1. The highest BCUT2D eigenvalue weighted by atomic mass is 35.5. The topological polar surface area (TPSA) is 34.4 Å². The summed E-state index contributed by atoms with van der Waals surface area (Å²) in [6.07, 6.45) is 2.09. The van der Waals surface area contributed by atoms with Gasteiger partial charge in [-0.05, 0) is 23.8 Å². The van der Waals surface area contributed by atoms with Crippen molar-refractivity contribution in [1.82, 2.24) is 4.57 Å². The van der Waals surface area contributed by atoms with Crippen LogP contribution in [0.4, 0.5) is 0 Å². The van der Waals surface area contributed by atoms with E-state index in [0.29, 0.717) is 22.8 Å². The van der Waals surface area contributed by atoms with Crippen LogP contribution in [0, 0.1) is 0 Å². The van der Waals surface area contributed by atoms with Crippen LogP contribution in [-0.2, 0) is 17.8 Å². The summed E-state index contributed by atoms with van der Waals surface area (Å²) < 4.78 is 2.98. The second kappa shape index (κ2) is 6.94. The molecule has 0 spiro atoms. The van der Waals surface area contributed by atoms with Crippen LogP contribution in [0.2, 0.25) is 5.02 Å². The minimum Gasteiger partial charge on any atom is -0.313 e. The monoisotopic (exact) mass is 342 g/mol. The van der Waals surface area contributed by atoms with Gasteiger partial charge in [-0.25, -0.2) is 0 Å². The number of carbonyl (C=O) groups excluding carboxylic acids is 1. The van der Waals surface area contributed by atoms with Gasteiger partial charge in [0, 0.05) is 11.6 Å². The van der Waals surface area contributed by atoms with Gasteiger partial charge in [0.15, 0.2) is 4.80 Å². The third-order valence-corrected chi connectivity index (χ3v) is 4.65. The average molecular weight is 343 g/mol. The summed E-state index contributed by atoms with van der Waals surface area (Å²) in [4.78, 5) is 17.2. The molecule has 116 valence electrons. The summed E-state index contributed by atoms with van der Waals surface area (Å²) >= 11 is 7.51. The molecule has 3 nitrogen and oxygen atoms in total. The Morgan fingerprint density at radius 2 is 2.04 bits per heavy atom. The molecule has 1 aromatic heterocycles. The second-order valence-corrected chi connectivity index (χ2v) is 6.51. The Morgan fingerprint density at radius 3 is 2.78 bits per heavy atom. The highest BCUT2D eigenvalue weighted by molar-refractivity contribution is 7.16. The lowest BCUT2D eigenvalue weighted by molar-refractivity contribution is -0.117. The van der Waals surface area contributed by atoms with Gasteiger partial charge in [0.2, 0.25) is 0 Å². The van der Waals surface area contributed by atoms with Gasteiger partial charge in [-0.1, -0.05) is 59.3 Å². The van der Waals surface area contributed by atoms with Crippen molar-refractivity contribution in [3.05, 3.63) is 76.6 Å². The van der Waals surface area contributed by atoms with Gasteiger partial charge in [0.05, 0.1) is 16.6 Å². The van der Waals surface area contributed by atoms with Gasteiger partial charge >= 0.3 is 0 Å². The van der Waals surface area contributed by atoms with Gasteiger partial charge in [-0.2, -0.15) is 4.99 Å². The number of nitrogens with zero attached hydrogens (tertiary/aromatic N) is 2. The molecule has 2 aromatic carbocycles. The first-order valence-corrected chi connectivity index (χ1v) is 8.38. The lowest BCUT2D eigenvalue weighted by Gasteiger charge is -2.01. The molecule has 0 aliphatic heterocycles. The van der Waals surface area contributed by atoms with E-state index in [1.165, 1.54) is 11.3 Å². The average Bonchev–Trinajstić information content (AvgIpc) is 2.85. The van der Waals surface area contributed by atoms with E-state index in [9.17, 15) is 4.79 Å². The molecule has 3 aromatic rings. The molecular formula is C18H15ClN2OS. The summed E-state index contributed by atoms with van der Waals surface area (Å²) in [7, 11) is 0. The fourth-order valence-electron chi connectivity index (χ4n) is 2.35. The second-order valence-electron chi connectivity index (χ2n) is 5.06. The molecule has 1 amide bonds. The normalized spacial score (nSPS) is 11.8. The number of thiazole rings is 1. The van der Waals surface area contributed by atoms with Crippen LogP contribution in [0.1, 0.15) is 5.56 Å². The van der Waals surface area contributed by atoms with Crippen LogP contribution >= 0.6 is 22.9 Å². The lowest BCUT2D eigenvalue weighted by Crippen LogP contribution is -2.16. The van der Waals surface area contributed by atoms with E-state index in [1.54, 1.807) is 6.08 Å². The van der Waals surface area contributed by atoms with Crippen molar-refractivity contribution < 1.29 is 4.79 Å². The van der Waals surface area contributed by atoms with Crippen LogP contribution in [0.5, 0.6) is 0 Å². The molecule has 0 fully saturated rings. The smallest absolute Gasteiger partial charge is 0.252 e. The number of hydrogen-bond acceptors (Lipinski definition) is 2. The van der Waals surface area contributed by atoms with Gasteiger partial charge in [-0.15, -0.1) is 6.58 Å². The first-order chi connectivity index (χ1) is 11.2. The molecular weight excluding hydrogens is 328 g/mol. The fourth-order valence-corrected chi connectivity index (χ4v) is 3.69. The number of allylic oxidation sites excluding steroid dienone is 1. The SMILES string of the molecule is C=CCn1c(=NC(=O)Cc2ccccc2)sc2cc(Cl)ccc21.